The van der Waals surface area contributed by atoms with Gasteiger partial charge in [0.2, 0.25) is 0 Å². The highest BCUT2D eigenvalue weighted by Gasteiger charge is 2.16. The maximum Gasteiger partial charge on any atom is 0.325 e. The molecule has 0 aliphatic carbocycles. The Kier molecular flexibility index (Phi) is 3.99. The average Bonchev–Trinajstić information content (AvgIpc) is 2.87. The van der Waals surface area contributed by atoms with Gasteiger partial charge in [-0.15, -0.1) is 0 Å². The van der Waals surface area contributed by atoms with Crippen LogP contribution >= 0.6 is 0 Å². The number of methoxy groups -OCH3 is 1. The average molecular weight is 274 g/mol. The van der Waals surface area contributed by atoms with Gasteiger partial charge in [-0.05, 0) is 12.1 Å². The number of amides is 1. The largest absolute Gasteiger partial charge is 0.468 e. The van der Waals surface area contributed by atoms with Crippen LogP contribution in [-0.4, -0.2) is 35.3 Å². The van der Waals surface area contributed by atoms with Crippen LogP contribution in [0.2, 0.25) is 0 Å². The Bertz CT molecular complexity index is 622. The molecule has 0 bridgehead atoms. The molecule has 1 aromatic heterocycles. The number of carbonyl (C=O) groups excluding carboxylic acids is 2. The van der Waals surface area contributed by atoms with Crippen LogP contribution < -0.4 is 11.1 Å². The molecule has 1 amide bonds. The monoisotopic (exact) mass is 274 g/mol. The van der Waals surface area contributed by atoms with Crippen molar-refractivity contribution in [3.8, 4) is 5.69 Å². The fraction of sp³-hybridized carbons (Fsp3) is 0.154. The third kappa shape index (κ3) is 2.77. The summed E-state index contributed by atoms with van der Waals surface area (Å²) in [5, 5.41) is 6.48. The number of benzene rings is 1. The van der Waals surface area contributed by atoms with E-state index in [-0.39, 0.29) is 17.9 Å². The van der Waals surface area contributed by atoms with Gasteiger partial charge in [-0.2, -0.15) is 5.10 Å². The molecule has 0 fully saturated rings. The van der Waals surface area contributed by atoms with Crippen molar-refractivity contribution in [1.82, 2.24) is 15.1 Å². The van der Waals surface area contributed by atoms with Gasteiger partial charge in [0.15, 0.2) is 0 Å². The van der Waals surface area contributed by atoms with Crippen LogP contribution in [0.25, 0.3) is 5.69 Å². The predicted octanol–water partition coefficient (Wildman–Crippen LogP) is 0.357. The Hall–Kier alpha value is -2.83. The molecule has 7 heteroatoms. The molecule has 0 saturated carbocycles. The molecule has 0 spiro atoms. The van der Waals surface area contributed by atoms with Crippen molar-refractivity contribution in [1.29, 1.82) is 0 Å². The Morgan fingerprint density at radius 2 is 2.05 bits per heavy atom. The Balaban J connectivity index is 2.17. The highest BCUT2D eigenvalue weighted by atomic mass is 16.5. The summed E-state index contributed by atoms with van der Waals surface area (Å²) in [5.41, 5.74) is 6.85. The SMILES string of the molecule is COC(=O)CNC(=O)c1cnn(-c2ccccc2)c1N. The van der Waals surface area contributed by atoms with Crippen LogP contribution in [0, 0.1) is 0 Å². The lowest BCUT2D eigenvalue weighted by Gasteiger charge is -2.05. The standard InChI is InChI=1S/C13H14N4O3/c1-20-11(18)8-15-13(19)10-7-16-17(12(10)14)9-5-3-2-4-6-9/h2-7H,8,14H2,1H3,(H,15,19). The number of nitrogens with one attached hydrogen (secondary N) is 1. The van der Waals surface area contributed by atoms with Crippen LogP contribution in [-0.2, 0) is 9.53 Å². The maximum atomic E-state index is 11.9. The summed E-state index contributed by atoms with van der Waals surface area (Å²) in [4.78, 5) is 22.8. The fourth-order valence-electron chi connectivity index (χ4n) is 1.63. The summed E-state index contributed by atoms with van der Waals surface area (Å²) in [6.07, 6.45) is 1.36. The van der Waals surface area contributed by atoms with Crippen LogP contribution in [0.3, 0.4) is 0 Å². The van der Waals surface area contributed by atoms with Crippen molar-refractivity contribution in [2.75, 3.05) is 19.4 Å². The van der Waals surface area contributed by atoms with Crippen molar-refractivity contribution in [2.45, 2.75) is 0 Å². The molecule has 104 valence electrons. The number of hydrogen-bond acceptors (Lipinski definition) is 5. The van der Waals surface area contributed by atoms with Crippen LogP contribution in [0.4, 0.5) is 5.82 Å². The highest BCUT2D eigenvalue weighted by Crippen LogP contribution is 2.16. The Morgan fingerprint density at radius 3 is 2.70 bits per heavy atom. The van der Waals surface area contributed by atoms with E-state index in [1.165, 1.54) is 18.0 Å². The van der Waals surface area contributed by atoms with Crippen molar-refractivity contribution >= 4 is 17.7 Å². The van der Waals surface area contributed by atoms with Crippen LogP contribution in [0.5, 0.6) is 0 Å². The van der Waals surface area contributed by atoms with Crippen molar-refractivity contribution < 1.29 is 14.3 Å². The molecule has 0 aliphatic rings. The molecule has 2 aromatic rings. The van der Waals surface area contributed by atoms with E-state index in [2.05, 4.69) is 15.2 Å². The summed E-state index contributed by atoms with van der Waals surface area (Å²) in [6.45, 7) is -0.217. The van der Waals surface area contributed by atoms with E-state index >= 15 is 0 Å². The zero-order valence-electron chi connectivity index (χ0n) is 10.9. The molecule has 3 N–H and O–H groups in total. The minimum absolute atomic E-state index is 0.206. The predicted molar refractivity (Wildman–Crippen MR) is 72.3 cm³/mol. The van der Waals surface area contributed by atoms with Gasteiger partial charge in [0, 0.05) is 0 Å². The molecular weight excluding hydrogens is 260 g/mol. The van der Waals surface area contributed by atoms with E-state index in [4.69, 9.17) is 5.73 Å². The Morgan fingerprint density at radius 1 is 1.35 bits per heavy atom. The number of hydrogen-bond donors (Lipinski definition) is 2. The number of esters is 1. The number of carbonyl (C=O) groups is 2. The minimum Gasteiger partial charge on any atom is -0.468 e. The lowest BCUT2D eigenvalue weighted by Crippen LogP contribution is -2.30. The van der Waals surface area contributed by atoms with Crippen molar-refractivity contribution in [2.24, 2.45) is 0 Å². The number of rotatable bonds is 4. The van der Waals surface area contributed by atoms with Gasteiger partial charge in [0.25, 0.3) is 5.91 Å². The molecule has 0 radical (unpaired) electrons. The molecule has 0 aliphatic heterocycles. The Labute approximate surface area is 115 Å². The molecule has 20 heavy (non-hydrogen) atoms. The van der Waals surface area contributed by atoms with Gasteiger partial charge >= 0.3 is 5.97 Å². The van der Waals surface area contributed by atoms with Crippen LogP contribution in [0.1, 0.15) is 10.4 Å². The summed E-state index contributed by atoms with van der Waals surface area (Å²) >= 11 is 0. The summed E-state index contributed by atoms with van der Waals surface area (Å²) in [7, 11) is 1.25. The molecule has 1 aromatic carbocycles. The smallest absolute Gasteiger partial charge is 0.325 e. The summed E-state index contributed by atoms with van der Waals surface area (Å²) in [5.74, 6) is -0.805. The second kappa shape index (κ2) is 5.87. The first-order valence-electron chi connectivity index (χ1n) is 5.87. The first kappa shape index (κ1) is 13.6. The molecule has 7 nitrogen and oxygen atoms in total. The van der Waals surface area contributed by atoms with E-state index in [1.54, 1.807) is 0 Å². The van der Waals surface area contributed by atoms with E-state index in [0.29, 0.717) is 0 Å². The second-order valence-electron chi connectivity index (χ2n) is 3.95. The molecule has 2 rings (SSSR count). The highest BCUT2D eigenvalue weighted by molar-refractivity contribution is 5.99. The van der Waals surface area contributed by atoms with Crippen molar-refractivity contribution in [3.05, 3.63) is 42.1 Å². The normalized spacial score (nSPS) is 10.1. The quantitative estimate of drug-likeness (QED) is 0.784. The van der Waals surface area contributed by atoms with Crippen molar-refractivity contribution in [3.63, 3.8) is 0 Å². The van der Waals surface area contributed by atoms with Gasteiger partial charge in [-0.1, -0.05) is 18.2 Å². The van der Waals surface area contributed by atoms with E-state index in [9.17, 15) is 9.59 Å². The second-order valence-corrected chi connectivity index (χ2v) is 3.95. The topological polar surface area (TPSA) is 99.2 Å². The van der Waals surface area contributed by atoms with Crippen LogP contribution in [0.15, 0.2) is 36.5 Å². The van der Waals surface area contributed by atoms with Gasteiger partial charge in [-0.3, -0.25) is 9.59 Å². The zero-order chi connectivity index (χ0) is 14.5. The van der Waals surface area contributed by atoms with Gasteiger partial charge < -0.3 is 15.8 Å². The number of anilines is 1. The molecule has 0 atom stereocenters. The molecule has 1 heterocycles. The van der Waals surface area contributed by atoms with E-state index in [1.807, 2.05) is 30.3 Å². The fourth-order valence-corrected chi connectivity index (χ4v) is 1.63. The first-order valence-corrected chi connectivity index (χ1v) is 5.87. The van der Waals surface area contributed by atoms with Gasteiger partial charge in [0.1, 0.15) is 17.9 Å². The van der Waals surface area contributed by atoms with E-state index in [0.717, 1.165) is 5.69 Å². The molecule has 0 saturated heterocycles. The lowest BCUT2D eigenvalue weighted by molar-refractivity contribution is -0.139. The number of nitrogens with two attached hydrogens (primary N) is 1. The zero-order valence-corrected chi connectivity index (χ0v) is 10.9. The minimum atomic E-state index is -0.535. The first-order chi connectivity index (χ1) is 9.63. The van der Waals surface area contributed by atoms with E-state index < -0.39 is 11.9 Å². The summed E-state index contributed by atoms with van der Waals surface area (Å²) in [6, 6.07) is 9.19. The summed E-state index contributed by atoms with van der Waals surface area (Å²) < 4.78 is 5.89. The number of aromatic nitrogens is 2. The van der Waals surface area contributed by atoms with Gasteiger partial charge in [-0.25, -0.2) is 4.68 Å². The lowest BCUT2D eigenvalue weighted by atomic mass is 10.3. The number of para-hydroxylation sites is 1. The van der Waals surface area contributed by atoms with Gasteiger partial charge in [0.05, 0.1) is 19.0 Å². The molecule has 0 unspecified atom stereocenters. The third-order valence-corrected chi connectivity index (χ3v) is 2.67. The molecular formula is C13H14N4O3. The number of ether oxygens (including phenoxy) is 1. The number of nitrogen functional groups attached to an aromatic ring is 1. The maximum absolute atomic E-state index is 11.9. The number of nitrogens with zero attached hydrogens (tertiary/aromatic N) is 2. The third-order valence-electron chi connectivity index (χ3n) is 2.67.